The highest BCUT2D eigenvalue weighted by Crippen LogP contribution is 2.20. The summed E-state index contributed by atoms with van der Waals surface area (Å²) in [5.74, 6) is 0.550. The summed E-state index contributed by atoms with van der Waals surface area (Å²) >= 11 is 0. The number of aromatic nitrogens is 1. The second-order valence-electron chi connectivity index (χ2n) is 5.37. The number of pyridine rings is 1. The van der Waals surface area contributed by atoms with Crippen LogP contribution in [0.2, 0.25) is 0 Å². The number of anilines is 2. The van der Waals surface area contributed by atoms with Crippen LogP contribution in [-0.4, -0.2) is 39.1 Å². The average molecular weight is 298 g/mol. The molecule has 5 nitrogen and oxygen atoms in total. The van der Waals surface area contributed by atoms with E-state index < -0.39 is 0 Å². The van der Waals surface area contributed by atoms with Gasteiger partial charge in [0.2, 0.25) is 0 Å². The number of nitrogens with zero attached hydrogens (tertiary/aromatic N) is 3. The molecular weight excluding hydrogens is 276 g/mol. The summed E-state index contributed by atoms with van der Waals surface area (Å²) in [5.41, 5.74) is 2.90. The number of nitrogens with one attached hydrogen (secondary N) is 1. The van der Waals surface area contributed by atoms with E-state index in [2.05, 4.69) is 33.4 Å². The van der Waals surface area contributed by atoms with Crippen LogP contribution in [0.1, 0.15) is 15.9 Å². The topological polar surface area (TPSA) is 48.5 Å². The minimum Gasteiger partial charge on any atom is -0.378 e. The van der Waals surface area contributed by atoms with Gasteiger partial charge < -0.3 is 15.1 Å². The van der Waals surface area contributed by atoms with E-state index in [0.717, 1.165) is 5.69 Å². The third kappa shape index (κ3) is 3.55. The van der Waals surface area contributed by atoms with Crippen molar-refractivity contribution in [3.63, 3.8) is 0 Å². The normalized spacial score (nSPS) is 10.2. The molecule has 2 aromatic rings. The van der Waals surface area contributed by atoms with Crippen LogP contribution in [0.15, 0.2) is 42.6 Å². The molecule has 116 valence electrons. The van der Waals surface area contributed by atoms with Crippen LogP contribution in [0.25, 0.3) is 0 Å². The Morgan fingerprint density at radius 1 is 1.18 bits per heavy atom. The fourth-order valence-corrected chi connectivity index (χ4v) is 2.29. The van der Waals surface area contributed by atoms with Crippen molar-refractivity contribution in [1.82, 2.24) is 10.3 Å². The highest BCUT2D eigenvalue weighted by Gasteiger charge is 2.14. The van der Waals surface area contributed by atoms with Gasteiger partial charge in [-0.15, -0.1) is 0 Å². The summed E-state index contributed by atoms with van der Waals surface area (Å²) < 4.78 is 0. The van der Waals surface area contributed by atoms with Gasteiger partial charge in [-0.25, -0.2) is 4.98 Å². The van der Waals surface area contributed by atoms with E-state index in [0.29, 0.717) is 17.9 Å². The Labute approximate surface area is 131 Å². The van der Waals surface area contributed by atoms with Gasteiger partial charge in [0.05, 0.1) is 5.56 Å². The lowest BCUT2D eigenvalue weighted by molar-refractivity contribution is 0.0963. The molecule has 1 aromatic heterocycles. The Kier molecular flexibility index (Phi) is 4.99. The van der Waals surface area contributed by atoms with Crippen LogP contribution < -0.4 is 15.1 Å². The molecule has 0 unspecified atom stereocenters. The van der Waals surface area contributed by atoms with Crippen molar-refractivity contribution in [1.29, 1.82) is 0 Å². The summed E-state index contributed by atoms with van der Waals surface area (Å²) in [7, 11) is 7.60. The molecule has 1 amide bonds. The van der Waals surface area contributed by atoms with E-state index in [1.54, 1.807) is 25.4 Å². The lowest BCUT2D eigenvalue weighted by Crippen LogP contribution is -2.25. The van der Waals surface area contributed by atoms with Crippen LogP contribution >= 0.6 is 0 Å². The largest absolute Gasteiger partial charge is 0.378 e. The lowest BCUT2D eigenvalue weighted by Gasteiger charge is -2.21. The van der Waals surface area contributed by atoms with Crippen molar-refractivity contribution >= 4 is 17.4 Å². The molecule has 22 heavy (non-hydrogen) atoms. The van der Waals surface area contributed by atoms with E-state index in [1.165, 1.54) is 5.56 Å². The first-order valence-corrected chi connectivity index (χ1v) is 7.17. The highest BCUT2D eigenvalue weighted by atomic mass is 16.1. The molecule has 0 bridgehead atoms. The number of carbonyl (C=O) groups excluding carboxylic acids is 1. The smallest absolute Gasteiger partial charge is 0.254 e. The van der Waals surface area contributed by atoms with E-state index in [4.69, 9.17) is 0 Å². The van der Waals surface area contributed by atoms with Gasteiger partial charge in [0.15, 0.2) is 0 Å². The molecule has 1 N–H and O–H groups in total. The van der Waals surface area contributed by atoms with Crippen molar-refractivity contribution in [2.45, 2.75) is 6.54 Å². The second-order valence-corrected chi connectivity index (χ2v) is 5.37. The minimum atomic E-state index is -0.128. The van der Waals surface area contributed by atoms with E-state index in [1.807, 2.05) is 32.1 Å². The number of amides is 1. The van der Waals surface area contributed by atoms with E-state index in [-0.39, 0.29) is 5.91 Å². The highest BCUT2D eigenvalue weighted by molar-refractivity contribution is 5.98. The molecule has 1 aromatic carbocycles. The van der Waals surface area contributed by atoms with Gasteiger partial charge in [-0.2, -0.15) is 0 Å². The SMILES string of the molecule is CNC(=O)c1cccnc1N(C)Cc1cccc(N(C)C)c1. The first-order valence-electron chi connectivity index (χ1n) is 7.17. The zero-order valence-electron chi connectivity index (χ0n) is 13.5. The zero-order valence-corrected chi connectivity index (χ0v) is 13.5. The number of carbonyl (C=O) groups is 1. The van der Waals surface area contributed by atoms with Gasteiger partial charge in [0.25, 0.3) is 5.91 Å². The quantitative estimate of drug-likeness (QED) is 0.919. The molecule has 1 heterocycles. The molecule has 0 fully saturated rings. The van der Waals surface area contributed by atoms with Crippen molar-refractivity contribution in [2.24, 2.45) is 0 Å². The van der Waals surface area contributed by atoms with Gasteiger partial charge in [-0.1, -0.05) is 12.1 Å². The molecule has 0 aliphatic heterocycles. The molecule has 0 radical (unpaired) electrons. The lowest BCUT2D eigenvalue weighted by atomic mass is 10.1. The minimum absolute atomic E-state index is 0.128. The van der Waals surface area contributed by atoms with Gasteiger partial charge >= 0.3 is 0 Å². The van der Waals surface area contributed by atoms with Crippen LogP contribution in [0.4, 0.5) is 11.5 Å². The summed E-state index contributed by atoms with van der Waals surface area (Å²) in [6.07, 6.45) is 1.70. The summed E-state index contributed by atoms with van der Waals surface area (Å²) in [4.78, 5) is 20.4. The maximum atomic E-state index is 12.0. The molecule has 2 rings (SSSR count). The van der Waals surface area contributed by atoms with Crippen LogP contribution in [0, 0.1) is 0 Å². The summed E-state index contributed by atoms with van der Waals surface area (Å²) in [6.45, 7) is 0.683. The predicted molar refractivity (Wildman–Crippen MR) is 90.5 cm³/mol. The van der Waals surface area contributed by atoms with Crippen LogP contribution in [-0.2, 0) is 6.54 Å². The molecule has 0 saturated carbocycles. The third-order valence-electron chi connectivity index (χ3n) is 3.47. The molecule has 0 spiro atoms. The molecule has 0 aliphatic rings. The zero-order chi connectivity index (χ0) is 16.1. The van der Waals surface area contributed by atoms with Gasteiger partial charge in [-0.3, -0.25) is 4.79 Å². The predicted octanol–water partition coefficient (Wildman–Crippen LogP) is 2.14. The Morgan fingerprint density at radius 3 is 2.64 bits per heavy atom. The maximum Gasteiger partial charge on any atom is 0.254 e. The Hall–Kier alpha value is -2.56. The second kappa shape index (κ2) is 6.93. The fraction of sp³-hybridized carbons (Fsp3) is 0.294. The Bertz CT molecular complexity index is 655. The first kappa shape index (κ1) is 15.8. The van der Waals surface area contributed by atoms with Crippen molar-refractivity contribution in [3.05, 3.63) is 53.7 Å². The number of benzene rings is 1. The molecule has 5 heteroatoms. The third-order valence-corrected chi connectivity index (χ3v) is 3.47. The molecule has 0 saturated heterocycles. The van der Waals surface area contributed by atoms with Crippen molar-refractivity contribution in [3.8, 4) is 0 Å². The average Bonchev–Trinajstić information content (AvgIpc) is 2.54. The Morgan fingerprint density at radius 2 is 1.95 bits per heavy atom. The van der Waals surface area contributed by atoms with Crippen LogP contribution in [0.3, 0.4) is 0 Å². The summed E-state index contributed by atoms with van der Waals surface area (Å²) in [5, 5.41) is 2.65. The summed E-state index contributed by atoms with van der Waals surface area (Å²) in [6, 6.07) is 11.9. The Balaban J connectivity index is 2.24. The van der Waals surface area contributed by atoms with Crippen LogP contribution in [0.5, 0.6) is 0 Å². The van der Waals surface area contributed by atoms with Crippen molar-refractivity contribution < 1.29 is 4.79 Å². The standard InChI is InChI=1S/C17H22N4O/c1-18-17(22)15-9-6-10-19-16(15)21(4)12-13-7-5-8-14(11-13)20(2)3/h5-11H,12H2,1-4H3,(H,18,22). The molecule has 0 aliphatic carbocycles. The van der Waals surface area contributed by atoms with E-state index >= 15 is 0 Å². The maximum absolute atomic E-state index is 12.0. The van der Waals surface area contributed by atoms with Crippen molar-refractivity contribution in [2.75, 3.05) is 38.0 Å². The van der Waals surface area contributed by atoms with Gasteiger partial charge in [-0.05, 0) is 29.8 Å². The number of rotatable bonds is 5. The molecule has 0 atom stereocenters. The van der Waals surface area contributed by atoms with E-state index in [9.17, 15) is 4.79 Å². The monoisotopic (exact) mass is 298 g/mol. The fourth-order valence-electron chi connectivity index (χ4n) is 2.29. The van der Waals surface area contributed by atoms with Gasteiger partial charge in [0.1, 0.15) is 5.82 Å². The first-order chi connectivity index (χ1) is 10.5. The molecular formula is C17H22N4O. The number of hydrogen-bond acceptors (Lipinski definition) is 4. The van der Waals surface area contributed by atoms with Gasteiger partial charge in [0, 0.05) is 46.6 Å². The number of hydrogen-bond donors (Lipinski definition) is 1.